The summed E-state index contributed by atoms with van der Waals surface area (Å²) in [5.41, 5.74) is 15.0. The average molecular weight is 192 g/mol. The zero-order valence-corrected chi connectivity index (χ0v) is 9.25. The maximum atomic E-state index is 5.98. The van der Waals surface area contributed by atoms with Crippen LogP contribution in [0.3, 0.4) is 0 Å². The van der Waals surface area contributed by atoms with E-state index in [-0.39, 0.29) is 6.04 Å². The van der Waals surface area contributed by atoms with E-state index in [2.05, 4.69) is 26.0 Å². The molecule has 2 heteroatoms. The Bertz CT molecular complexity index is 291. The molecule has 0 amide bonds. The smallest absolute Gasteiger partial charge is 0.0330 e. The van der Waals surface area contributed by atoms with E-state index >= 15 is 0 Å². The number of hydrogen-bond acceptors (Lipinski definition) is 2. The lowest BCUT2D eigenvalue weighted by Gasteiger charge is -2.20. The van der Waals surface area contributed by atoms with E-state index in [9.17, 15) is 0 Å². The Kier molecular flexibility index (Phi) is 3.53. The van der Waals surface area contributed by atoms with Crippen LogP contribution in [0, 0.1) is 5.92 Å². The van der Waals surface area contributed by atoms with Crippen LogP contribution in [0.5, 0.6) is 0 Å². The highest BCUT2D eigenvalue weighted by Gasteiger charge is 2.13. The highest BCUT2D eigenvalue weighted by molar-refractivity contribution is 5.39. The van der Waals surface area contributed by atoms with Crippen LogP contribution in [0.25, 0.3) is 0 Å². The maximum absolute atomic E-state index is 5.98. The van der Waals surface area contributed by atoms with Gasteiger partial charge in [0.1, 0.15) is 0 Å². The van der Waals surface area contributed by atoms with E-state index in [1.54, 1.807) is 0 Å². The van der Waals surface area contributed by atoms with Gasteiger partial charge in [-0.2, -0.15) is 0 Å². The predicted octanol–water partition coefficient (Wildman–Crippen LogP) is 2.09. The monoisotopic (exact) mass is 192 g/mol. The molecule has 0 heterocycles. The molecule has 1 rings (SSSR count). The van der Waals surface area contributed by atoms with Crippen molar-refractivity contribution in [3.63, 3.8) is 0 Å². The zero-order chi connectivity index (χ0) is 10.7. The van der Waals surface area contributed by atoms with E-state index in [1.165, 1.54) is 5.57 Å². The van der Waals surface area contributed by atoms with Gasteiger partial charge in [0.25, 0.3) is 0 Å². The first-order valence-electron chi connectivity index (χ1n) is 5.11. The summed E-state index contributed by atoms with van der Waals surface area (Å²) in [5.74, 6) is 0.559. The standard InChI is InChI=1S/C12H20N2/c1-8(2)10-4-5-12(14)11(7-10)6-9(3)13/h4,6-8,12H,5,13-14H2,1-3H3/b9-6-. The molecule has 1 unspecified atom stereocenters. The van der Waals surface area contributed by atoms with Crippen LogP contribution in [0.2, 0.25) is 0 Å². The van der Waals surface area contributed by atoms with Gasteiger partial charge in [-0.25, -0.2) is 0 Å². The highest BCUT2D eigenvalue weighted by Crippen LogP contribution is 2.23. The van der Waals surface area contributed by atoms with Gasteiger partial charge < -0.3 is 11.5 Å². The number of rotatable bonds is 2. The zero-order valence-electron chi connectivity index (χ0n) is 9.25. The minimum atomic E-state index is 0.107. The van der Waals surface area contributed by atoms with Crippen LogP contribution in [-0.4, -0.2) is 6.04 Å². The molecule has 0 aromatic heterocycles. The fourth-order valence-electron chi connectivity index (χ4n) is 1.57. The summed E-state index contributed by atoms with van der Waals surface area (Å²) >= 11 is 0. The summed E-state index contributed by atoms with van der Waals surface area (Å²) in [6, 6.07) is 0.107. The summed E-state index contributed by atoms with van der Waals surface area (Å²) in [5, 5.41) is 0. The van der Waals surface area contributed by atoms with Gasteiger partial charge in [0.15, 0.2) is 0 Å². The Hall–Kier alpha value is -1.02. The summed E-state index contributed by atoms with van der Waals surface area (Å²) in [6.07, 6.45) is 7.27. The van der Waals surface area contributed by atoms with Gasteiger partial charge in [-0.05, 0) is 36.5 Å². The maximum Gasteiger partial charge on any atom is 0.0330 e. The Morgan fingerprint density at radius 1 is 1.57 bits per heavy atom. The largest absolute Gasteiger partial charge is 0.402 e. The molecule has 78 valence electrons. The van der Waals surface area contributed by atoms with E-state index < -0.39 is 0 Å². The van der Waals surface area contributed by atoms with Crippen molar-refractivity contribution in [2.75, 3.05) is 0 Å². The molecule has 1 aliphatic carbocycles. The Balaban J connectivity index is 2.91. The topological polar surface area (TPSA) is 52.0 Å². The third kappa shape index (κ3) is 2.74. The van der Waals surface area contributed by atoms with Crippen molar-refractivity contribution in [3.05, 3.63) is 35.1 Å². The van der Waals surface area contributed by atoms with Crippen molar-refractivity contribution >= 4 is 0 Å². The fraction of sp³-hybridized carbons (Fsp3) is 0.500. The third-order valence-electron chi connectivity index (χ3n) is 2.43. The molecule has 0 bridgehead atoms. The first kappa shape index (κ1) is 11.1. The van der Waals surface area contributed by atoms with Crippen LogP contribution >= 0.6 is 0 Å². The molecule has 0 spiro atoms. The summed E-state index contributed by atoms with van der Waals surface area (Å²) < 4.78 is 0. The molecule has 0 saturated carbocycles. The van der Waals surface area contributed by atoms with Crippen LogP contribution in [0.4, 0.5) is 0 Å². The van der Waals surface area contributed by atoms with Gasteiger partial charge in [-0.15, -0.1) is 0 Å². The molecule has 1 aliphatic rings. The average Bonchev–Trinajstić information content (AvgIpc) is 2.07. The van der Waals surface area contributed by atoms with Gasteiger partial charge in [-0.3, -0.25) is 0 Å². The summed E-state index contributed by atoms with van der Waals surface area (Å²) in [7, 11) is 0. The van der Waals surface area contributed by atoms with E-state index in [4.69, 9.17) is 11.5 Å². The van der Waals surface area contributed by atoms with Gasteiger partial charge in [-0.1, -0.05) is 26.0 Å². The molecule has 2 nitrogen and oxygen atoms in total. The van der Waals surface area contributed by atoms with Crippen molar-refractivity contribution < 1.29 is 0 Å². The van der Waals surface area contributed by atoms with E-state index in [1.807, 2.05) is 13.0 Å². The lowest BCUT2D eigenvalue weighted by molar-refractivity contribution is 0.728. The van der Waals surface area contributed by atoms with Crippen LogP contribution in [-0.2, 0) is 0 Å². The number of allylic oxidation sites excluding steroid dienone is 3. The first-order chi connectivity index (χ1) is 6.50. The second-order valence-electron chi connectivity index (χ2n) is 4.23. The lowest BCUT2D eigenvalue weighted by atomic mass is 9.89. The fourth-order valence-corrected chi connectivity index (χ4v) is 1.57. The summed E-state index contributed by atoms with van der Waals surface area (Å²) in [6.45, 7) is 6.27. The first-order valence-corrected chi connectivity index (χ1v) is 5.11. The van der Waals surface area contributed by atoms with Gasteiger partial charge >= 0.3 is 0 Å². The van der Waals surface area contributed by atoms with Crippen molar-refractivity contribution in [1.29, 1.82) is 0 Å². The number of nitrogens with two attached hydrogens (primary N) is 2. The number of hydrogen-bond donors (Lipinski definition) is 2. The minimum Gasteiger partial charge on any atom is -0.402 e. The third-order valence-corrected chi connectivity index (χ3v) is 2.43. The second-order valence-corrected chi connectivity index (χ2v) is 4.23. The Labute approximate surface area is 86.4 Å². The highest BCUT2D eigenvalue weighted by atomic mass is 14.6. The Morgan fingerprint density at radius 3 is 2.71 bits per heavy atom. The molecular weight excluding hydrogens is 172 g/mol. The normalized spacial score (nSPS) is 23.5. The molecular formula is C12H20N2. The van der Waals surface area contributed by atoms with E-state index in [0.29, 0.717) is 5.92 Å². The summed E-state index contributed by atoms with van der Waals surface area (Å²) in [4.78, 5) is 0. The molecule has 0 radical (unpaired) electrons. The van der Waals surface area contributed by atoms with Crippen molar-refractivity contribution in [1.82, 2.24) is 0 Å². The van der Waals surface area contributed by atoms with Crippen LogP contribution < -0.4 is 11.5 Å². The Morgan fingerprint density at radius 2 is 2.21 bits per heavy atom. The van der Waals surface area contributed by atoms with Gasteiger partial charge in [0.2, 0.25) is 0 Å². The molecule has 0 aliphatic heterocycles. The van der Waals surface area contributed by atoms with Gasteiger partial charge in [0.05, 0.1) is 0 Å². The SMILES string of the molecule is C/C(N)=C/C1=CC(C(C)C)=CCC1N. The van der Waals surface area contributed by atoms with Gasteiger partial charge in [0, 0.05) is 11.7 Å². The lowest BCUT2D eigenvalue weighted by Crippen LogP contribution is -2.24. The minimum absolute atomic E-state index is 0.107. The molecule has 4 N–H and O–H groups in total. The van der Waals surface area contributed by atoms with Crippen molar-refractivity contribution in [3.8, 4) is 0 Å². The molecule has 14 heavy (non-hydrogen) atoms. The van der Waals surface area contributed by atoms with Crippen LogP contribution in [0.15, 0.2) is 35.1 Å². The predicted molar refractivity (Wildman–Crippen MR) is 61.5 cm³/mol. The van der Waals surface area contributed by atoms with Crippen molar-refractivity contribution in [2.24, 2.45) is 17.4 Å². The van der Waals surface area contributed by atoms with Crippen LogP contribution in [0.1, 0.15) is 27.2 Å². The quantitative estimate of drug-likeness (QED) is 0.704. The van der Waals surface area contributed by atoms with Crippen molar-refractivity contribution in [2.45, 2.75) is 33.2 Å². The molecule has 1 atom stereocenters. The second kappa shape index (κ2) is 4.47. The molecule has 0 fully saturated rings. The molecule has 0 saturated heterocycles. The molecule has 0 aromatic carbocycles. The van der Waals surface area contributed by atoms with E-state index in [0.717, 1.165) is 17.7 Å². The molecule has 0 aromatic rings.